The highest BCUT2D eigenvalue weighted by Crippen LogP contribution is 2.52. The van der Waals surface area contributed by atoms with Gasteiger partial charge in [-0.05, 0) is 17.7 Å². The van der Waals surface area contributed by atoms with E-state index in [0.29, 0.717) is 20.6 Å². The van der Waals surface area contributed by atoms with E-state index >= 15 is 0 Å². The zero-order valence-corrected chi connectivity index (χ0v) is 15.1. The number of aromatic nitrogens is 1. The third-order valence-corrected chi connectivity index (χ3v) is 6.92. The van der Waals surface area contributed by atoms with Gasteiger partial charge >= 0.3 is 10.9 Å². The molecule has 2 aliphatic heterocycles. The highest BCUT2D eigenvalue weighted by atomic mass is 32.2. The zero-order chi connectivity index (χ0) is 18.6. The Bertz CT molecular complexity index is 981. The second-order valence-electron chi connectivity index (χ2n) is 5.87. The SMILES string of the molecule is COc1ccc([C@@H]2c3sc(=O)[nH]c3S[C@@H]3C(=O)N(C(N)=O)C(=O)[C@H]23)cc1. The average molecular weight is 391 g/mol. The van der Waals surface area contributed by atoms with Crippen molar-refractivity contribution in [2.24, 2.45) is 11.7 Å². The van der Waals surface area contributed by atoms with Crippen LogP contribution in [0.5, 0.6) is 5.75 Å². The number of carbonyl (C=O) groups excluding carboxylic acids is 3. The van der Waals surface area contributed by atoms with Crippen molar-refractivity contribution in [3.63, 3.8) is 0 Å². The molecule has 4 rings (SSSR count). The molecule has 1 saturated heterocycles. The molecule has 3 heterocycles. The molecule has 26 heavy (non-hydrogen) atoms. The van der Waals surface area contributed by atoms with Gasteiger partial charge in [-0.15, -0.1) is 0 Å². The van der Waals surface area contributed by atoms with Crippen molar-refractivity contribution < 1.29 is 19.1 Å². The predicted molar refractivity (Wildman–Crippen MR) is 94.3 cm³/mol. The maximum absolute atomic E-state index is 12.8. The molecule has 0 aliphatic carbocycles. The highest BCUT2D eigenvalue weighted by Gasteiger charge is 2.57. The van der Waals surface area contributed by atoms with Crippen LogP contribution in [-0.4, -0.2) is 40.1 Å². The van der Waals surface area contributed by atoms with E-state index in [0.717, 1.165) is 28.7 Å². The van der Waals surface area contributed by atoms with Crippen LogP contribution in [0.2, 0.25) is 0 Å². The second-order valence-corrected chi connectivity index (χ2v) is 8.04. The summed E-state index contributed by atoms with van der Waals surface area (Å²) in [6, 6.07) is 5.98. The monoisotopic (exact) mass is 391 g/mol. The van der Waals surface area contributed by atoms with Gasteiger partial charge in [0, 0.05) is 10.8 Å². The Morgan fingerprint density at radius 1 is 1.19 bits per heavy atom. The van der Waals surface area contributed by atoms with Gasteiger partial charge in [0.2, 0.25) is 5.91 Å². The Morgan fingerprint density at radius 3 is 2.50 bits per heavy atom. The van der Waals surface area contributed by atoms with Gasteiger partial charge in [0.1, 0.15) is 11.0 Å². The van der Waals surface area contributed by atoms with Gasteiger partial charge < -0.3 is 15.5 Å². The van der Waals surface area contributed by atoms with Crippen molar-refractivity contribution in [1.82, 2.24) is 9.88 Å². The fourth-order valence-electron chi connectivity index (χ4n) is 3.40. The Hall–Kier alpha value is -2.59. The van der Waals surface area contributed by atoms with Gasteiger partial charge in [-0.25, -0.2) is 4.79 Å². The van der Waals surface area contributed by atoms with E-state index < -0.39 is 34.9 Å². The van der Waals surface area contributed by atoms with Crippen molar-refractivity contribution in [3.8, 4) is 5.75 Å². The van der Waals surface area contributed by atoms with Crippen LogP contribution in [0.4, 0.5) is 4.79 Å². The van der Waals surface area contributed by atoms with E-state index in [1.807, 2.05) is 0 Å². The smallest absolute Gasteiger partial charge is 0.328 e. The lowest BCUT2D eigenvalue weighted by atomic mass is 9.83. The van der Waals surface area contributed by atoms with E-state index in [2.05, 4.69) is 4.98 Å². The van der Waals surface area contributed by atoms with Crippen LogP contribution in [0, 0.1) is 5.92 Å². The Kier molecular flexibility index (Phi) is 3.88. The average Bonchev–Trinajstić information content (AvgIpc) is 3.10. The van der Waals surface area contributed by atoms with E-state index in [1.54, 1.807) is 31.4 Å². The number of benzene rings is 1. The number of amides is 4. The summed E-state index contributed by atoms with van der Waals surface area (Å²) in [5.41, 5.74) is 5.98. The van der Waals surface area contributed by atoms with Crippen molar-refractivity contribution in [3.05, 3.63) is 44.4 Å². The number of hydrogen-bond acceptors (Lipinski definition) is 7. The molecule has 4 amide bonds. The molecule has 2 aliphatic rings. The van der Waals surface area contributed by atoms with E-state index in [4.69, 9.17) is 10.5 Å². The molecule has 1 fully saturated rings. The lowest BCUT2D eigenvalue weighted by Crippen LogP contribution is -2.41. The van der Waals surface area contributed by atoms with E-state index in [1.165, 1.54) is 0 Å². The maximum atomic E-state index is 12.8. The minimum absolute atomic E-state index is 0.257. The molecule has 1 aromatic carbocycles. The van der Waals surface area contributed by atoms with E-state index in [-0.39, 0.29) is 4.87 Å². The number of nitrogens with zero attached hydrogens (tertiary/aromatic N) is 1. The first kappa shape index (κ1) is 16.9. The fourth-order valence-corrected chi connectivity index (χ4v) is 5.92. The van der Waals surface area contributed by atoms with Crippen LogP contribution < -0.4 is 15.3 Å². The number of primary amides is 1. The number of aromatic amines is 1. The quantitative estimate of drug-likeness (QED) is 0.740. The number of imide groups is 3. The lowest BCUT2D eigenvalue weighted by molar-refractivity contribution is -0.135. The molecule has 0 unspecified atom stereocenters. The van der Waals surface area contributed by atoms with Gasteiger partial charge in [-0.1, -0.05) is 35.2 Å². The minimum atomic E-state index is -1.08. The van der Waals surface area contributed by atoms with Gasteiger partial charge in [0.15, 0.2) is 0 Å². The Balaban J connectivity index is 1.87. The molecule has 10 heteroatoms. The summed E-state index contributed by atoms with van der Waals surface area (Å²) in [5.74, 6) is -1.95. The third-order valence-electron chi connectivity index (χ3n) is 4.52. The number of urea groups is 1. The topological polar surface area (TPSA) is 123 Å². The number of thioether (sulfide) groups is 1. The molecule has 3 N–H and O–H groups in total. The first-order valence-corrected chi connectivity index (χ1v) is 9.33. The molecule has 2 aromatic rings. The number of ether oxygens (including phenoxy) is 1. The highest BCUT2D eigenvalue weighted by molar-refractivity contribution is 8.00. The summed E-state index contributed by atoms with van der Waals surface area (Å²) in [7, 11) is 1.54. The normalized spacial score (nSPS) is 24.3. The summed E-state index contributed by atoms with van der Waals surface area (Å²) in [6.07, 6.45) is 0. The van der Waals surface area contributed by atoms with Crippen molar-refractivity contribution >= 4 is 40.9 Å². The third kappa shape index (κ3) is 2.36. The molecule has 1 aromatic heterocycles. The Morgan fingerprint density at radius 2 is 1.88 bits per heavy atom. The minimum Gasteiger partial charge on any atom is -0.497 e. The molecular formula is C16H13N3O5S2. The molecule has 0 bridgehead atoms. The van der Waals surface area contributed by atoms with Gasteiger partial charge in [0.25, 0.3) is 5.91 Å². The number of thiazole rings is 1. The number of carbonyl (C=O) groups is 3. The summed E-state index contributed by atoms with van der Waals surface area (Å²) in [4.78, 5) is 52.4. The first-order chi connectivity index (χ1) is 12.4. The van der Waals surface area contributed by atoms with Crippen molar-refractivity contribution in [2.45, 2.75) is 16.2 Å². The molecule has 0 spiro atoms. The summed E-state index contributed by atoms with van der Waals surface area (Å²) in [5, 5.41) is -0.255. The molecule has 3 atom stereocenters. The van der Waals surface area contributed by atoms with Crippen LogP contribution in [0.15, 0.2) is 34.1 Å². The summed E-state index contributed by atoms with van der Waals surface area (Å²) < 4.78 is 5.16. The van der Waals surface area contributed by atoms with Crippen LogP contribution in [0.3, 0.4) is 0 Å². The second kappa shape index (κ2) is 5.99. The van der Waals surface area contributed by atoms with Crippen molar-refractivity contribution in [1.29, 1.82) is 0 Å². The van der Waals surface area contributed by atoms with Gasteiger partial charge in [-0.2, -0.15) is 4.90 Å². The van der Waals surface area contributed by atoms with Gasteiger partial charge in [0.05, 0.1) is 18.1 Å². The molecule has 0 saturated carbocycles. The van der Waals surface area contributed by atoms with Crippen LogP contribution >= 0.6 is 23.1 Å². The number of nitrogens with two attached hydrogens (primary N) is 1. The largest absolute Gasteiger partial charge is 0.497 e. The summed E-state index contributed by atoms with van der Waals surface area (Å²) >= 11 is 2.10. The van der Waals surface area contributed by atoms with Crippen molar-refractivity contribution in [2.75, 3.05) is 7.11 Å². The number of fused-ring (bicyclic) bond motifs is 2. The first-order valence-electron chi connectivity index (χ1n) is 7.63. The van der Waals surface area contributed by atoms with Crippen LogP contribution in [-0.2, 0) is 9.59 Å². The molecule has 0 radical (unpaired) electrons. The number of rotatable bonds is 2. The number of hydrogen-bond donors (Lipinski definition) is 2. The van der Waals surface area contributed by atoms with E-state index in [9.17, 15) is 19.2 Å². The number of H-pyrrole nitrogens is 1. The number of likely N-dealkylation sites (tertiary alicyclic amines) is 1. The van der Waals surface area contributed by atoms with Gasteiger partial charge in [-0.3, -0.25) is 14.4 Å². The zero-order valence-electron chi connectivity index (χ0n) is 13.4. The molecule has 8 nitrogen and oxygen atoms in total. The summed E-state index contributed by atoms with van der Waals surface area (Å²) in [6.45, 7) is 0. The lowest BCUT2D eigenvalue weighted by Gasteiger charge is -2.29. The number of nitrogens with one attached hydrogen (secondary N) is 1. The van der Waals surface area contributed by atoms with Crippen LogP contribution in [0.25, 0.3) is 0 Å². The molecule has 134 valence electrons. The van der Waals surface area contributed by atoms with Crippen LogP contribution in [0.1, 0.15) is 16.4 Å². The standard InChI is InChI=1S/C16H13N3O5S2/c1-24-7-4-2-6(3-5-7)8-9-11(14(21)19(13(9)20)15(17)22)25-12-10(8)26-16(23)18-12/h2-5,8-9,11H,1H3,(H2,17,22)(H,18,23)/t8-,9+,11-/m0/s1. The molecular weight excluding hydrogens is 378 g/mol. The number of methoxy groups -OCH3 is 1. The fraction of sp³-hybridized carbons (Fsp3) is 0.250. The predicted octanol–water partition coefficient (Wildman–Crippen LogP) is 1.11. The Labute approximate surface area is 155 Å². The maximum Gasteiger partial charge on any atom is 0.328 e.